The summed E-state index contributed by atoms with van der Waals surface area (Å²) < 4.78 is 11.0. The van der Waals surface area contributed by atoms with Crippen molar-refractivity contribution in [2.75, 3.05) is 13.2 Å². The Labute approximate surface area is 95.6 Å². The van der Waals surface area contributed by atoms with Gasteiger partial charge in [-0.3, -0.25) is 0 Å². The predicted octanol–water partition coefficient (Wildman–Crippen LogP) is 1.68. The Hall–Kier alpha value is -1.73. The summed E-state index contributed by atoms with van der Waals surface area (Å²) in [5.74, 6) is 1.21. The van der Waals surface area contributed by atoms with Gasteiger partial charge < -0.3 is 15.2 Å². The molecule has 1 aromatic rings. The van der Waals surface area contributed by atoms with Crippen molar-refractivity contribution < 1.29 is 9.47 Å². The second-order valence-electron chi connectivity index (χ2n) is 3.37. The highest BCUT2D eigenvalue weighted by Crippen LogP contribution is 2.29. The zero-order chi connectivity index (χ0) is 12.0. The summed E-state index contributed by atoms with van der Waals surface area (Å²) in [7, 11) is 0. The van der Waals surface area contributed by atoms with E-state index in [0.29, 0.717) is 30.2 Å². The highest BCUT2D eigenvalue weighted by Gasteiger charge is 2.09. The van der Waals surface area contributed by atoms with Crippen molar-refractivity contribution in [2.24, 2.45) is 5.73 Å². The van der Waals surface area contributed by atoms with Gasteiger partial charge in [-0.05, 0) is 26.0 Å². The summed E-state index contributed by atoms with van der Waals surface area (Å²) in [4.78, 5) is 0. The van der Waals surface area contributed by atoms with Crippen LogP contribution in [0.2, 0.25) is 0 Å². The van der Waals surface area contributed by atoms with Crippen LogP contribution in [0.1, 0.15) is 19.4 Å². The van der Waals surface area contributed by atoms with Crippen LogP contribution < -0.4 is 15.2 Å². The van der Waals surface area contributed by atoms with Gasteiger partial charge >= 0.3 is 0 Å². The maximum absolute atomic E-state index is 8.78. The number of nitrogens with zero attached hydrogens (tertiary/aromatic N) is 1. The molecule has 0 saturated carbocycles. The molecule has 0 fully saturated rings. The maximum atomic E-state index is 8.78. The van der Waals surface area contributed by atoms with E-state index in [2.05, 4.69) is 6.07 Å². The minimum Gasteiger partial charge on any atom is -0.490 e. The first-order chi connectivity index (χ1) is 7.71. The van der Waals surface area contributed by atoms with Gasteiger partial charge in [0.1, 0.15) is 6.10 Å². The molecule has 0 aliphatic carbocycles. The number of rotatable bonds is 5. The summed E-state index contributed by atoms with van der Waals surface area (Å²) in [5, 5.41) is 8.78. The molecule has 4 nitrogen and oxygen atoms in total. The predicted molar refractivity (Wildman–Crippen MR) is 61.5 cm³/mol. The van der Waals surface area contributed by atoms with Crippen molar-refractivity contribution >= 4 is 0 Å². The zero-order valence-corrected chi connectivity index (χ0v) is 9.56. The van der Waals surface area contributed by atoms with Gasteiger partial charge in [-0.2, -0.15) is 5.26 Å². The second-order valence-corrected chi connectivity index (χ2v) is 3.37. The van der Waals surface area contributed by atoms with Crippen LogP contribution in [0.15, 0.2) is 18.2 Å². The fourth-order valence-corrected chi connectivity index (χ4v) is 1.21. The molecule has 0 bridgehead atoms. The zero-order valence-electron chi connectivity index (χ0n) is 9.56. The Morgan fingerprint density at radius 1 is 1.44 bits per heavy atom. The molecule has 1 aromatic carbocycles. The monoisotopic (exact) mass is 220 g/mol. The lowest BCUT2D eigenvalue weighted by molar-refractivity contribution is 0.214. The minimum atomic E-state index is -0.0767. The topological polar surface area (TPSA) is 68.3 Å². The van der Waals surface area contributed by atoms with Crippen molar-refractivity contribution in [2.45, 2.75) is 20.0 Å². The first kappa shape index (κ1) is 12.3. The van der Waals surface area contributed by atoms with Crippen LogP contribution in [-0.4, -0.2) is 19.3 Å². The van der Waals surface area contributed by atoms with E-state index in [1.807, 2.05) is 13.8 Å². The van der Waals surface area contributed by atoms with Crippen LogP contribution in [0.25, 0.3) is 0 Å². The van der Waals surface area contributed by atoms with E-state index in [1.54, 1.807) is 18.2 Å². The van der Waals surface area contributed by atoms with Crippen molar-refractivity contribution in [3.05, 3.63) is 23.8 Å². The molecular weight excluding hydrogens is 204 g/mol. The maximum Gasteiger partial charge on any atom is 0.162 e. The van der Waals surface area contributed by atoms with Crippen LogP contribution in [0.5, 0.6) is 11.5 Å². The third-order valence-corrected chi connectivity index (χ3v) is 2.03. The molecule has 0 radical (unpaired) electrons. The van der Waals surface area contributed by atoms with E-state index in [0.717, 1.165) is 0 Å². The summed E-state index contributed by atoms with van der Waals surface area (Å²) in [6.45, 7) is 4.73. The lowest BCUT2D eigenvalue weighted by atomic mass is 10.2. The molecule has 16 heavy (non-hydrogen) atoms. The number of hydrogen-bond acceptors (Lipinski definition) is 4. The van der Waals surface area contributed by atoms with E-state index in [9.17, 15) is 0 Å². The van der Waals surface area contributed by atoms with Gasteiger partial charge in [-0.15, -0.1) is 0 Å². The van der Waals surface area contributed by atoms with E-state index in [1.165, 1.54) is 0 Å². The van der Waals surface area contributed by atoms with Crippen LogP contribution >= 0.6 is 0 Å². The summed E-state index contributed by atoms with van der Waals surface area (Å²) in [6.07, 6.45) is -0.0767. The molecular formula is C12H16N2O2. The van der Waals surface area contributed by atoms with Gasteiger partial charge in [0.05, 0.1) is 18.2 Å². The highest BCUT2D eigenvalue weighted by molar-refractivity contribution is 5.46. The van der Waals surface area contributed by atoms with Gasteiger partial charge in [-0.25, -0.2) is 0 Å². The molecule has 2 N–H and O–H groups in total. The third kappa shape index (κ3) is 3.14. The van der Waals surface area contributed by atoms with Crippen molar-refractivity contribution in [3.8, 4) is 17.6 Å². The standard InChI is InChI=1S/C12H16N2O2/c1-3-15-12-6-10(8-14)4-5-11(12)16-9(2)7-13/h4-6,9H,3,7,13H2,1-2H3. The SMILES string of the molecule is CCOc1cc(C#N)ccc1OC(C)CN. The number of ether oxygens (including phenoxy) is 2. The summed E-state index contributed by atoms with van der Waals surface area (Å²) in [5.41, 5.74) is 6.03. The normalized spacial score (nSPS) is 11.6. The number of nitrogens with two attached hydrogens (primary N) is 1. The van der Waals surface area contributed by atoms with Gasteiger partial charge in [-0.1, -0.05) is 0 Å². The molecule has 1 atom stereocenters. The molecule has 1 rings (SSSR count). The van der Waals surface area contributed by atoms with Crippen molar-refractivity contribution in [3.63, 3.8) is 0 Å². The van der Waals surface area contributed by atoms with E-state index < -0.39 is 0 Å². The number of hydrogen-bond donors (Lipinski definition) is 1. The first-order valence-electron chi connectivity index (χ1n) is 5.25. The molecule has 0 saturated heterocycles. The molecule has 0 heterocycles. The molecule has 86 valence electrons. The molecule has 0 aliphatic heterocycles. The average Bonchev–Trinajstić information content (AvgIpc) is 2.31. The quantitative estimate of drug-likeness (QED) is 0.819. The molecule has 0 amide bonds. The molecule has 0 aliphatic rings. The molecule has 0 spiro atoms. The first-order valence-corrected chi connectivity index (χ1v) is 5.25. The second kappa shape index (κ2) is 5.99. The largest absolute Gasteiger partial charge is 0.490 e. The number of nitriles is 1. The van der Waals surface area contributed by atoms with Gasteiger partial charge in [0.2, 0.25) is 0 Å². The van der Waals surface area contributed by atoms with Crippen molar-refractivity contribution in [1.82, 2.24) is 0 Å². The Kier molecular flexibility index (Phi) is 4.62. The average molecular weight is 220 g/mol. The van der Waals surface area contributed by atoms with E-state index in [4.69, 9.17) is 20.5 Å². The Balaban J connectivity index is 2.94. The summed E-state index contributed by atoms with van der Waals surface area (Å²) in [6, 6.07) is 7.16. The minimum absolute atomic E-state index is 0.0767. The molecule has 0 aromatic heterocycles. The fourth-order valence-electron chi connectivity index (χ4n) is 1.21. The lowest BCUT2D eigenvalue weighted by Crippen LogP contribution is -2.23. The summed E-state index contributed by atoms with van der Waals surface area (Å²) >= 11 is 0. The number of benzene rings is 1. The lowest BCUT2D eigenvalue weighted by Gasteiger charge is -2.16. The highest BCUT2D eigenvalue weighted by atomic mass is 16.5. The molecule has 4 heteroatoms. The Bertz CT molecular complexity index is 385. The fraction of sp³-hybridized carbons (Fsp3) is 0.417. The van der Waals surface area contributed by atoms with Crippen LogP contribution in [0.3, 0.4) is 0 Å². The van der Waals surface area contributed by atoms with Crippen LogP contribution in [0, 0.1) is 11.3 Å². The van der Waals surface area contributed by atoms with Crippen molar-refractivity contribution in [1.29, 1.82) is 5.26 Å². The van der Waals surface area contributed by atoms with Crippen LogP contribution in [-0.2, 0) is 0 Å². The van der Waals surface area contributed by atoms with Gasteiger partial charge in [0.15, 0.2) is 11.5 Å². The third-order valence-electron chi connectivity index (χ3n) is 2.03. The van der Waals surface area contributed by atoms with Gasteiger partial charge in [0, 0.05) is 12.6 Å². The van der Waals surface area contributed by atoms with Crippen LogP contribution in [0.4, 0.5) is 0 Å². The Morgan fingerprint density at radius 3 is 2.75 bits per heavy atom. The Morgan fingerprint density at radius 2 is 2.19 bits per heavy atom. The molecule has 1 unspecified atom stereocenters. The van der Waals surface area contributed by atoms with E-state index in [-0.39, 0.29) is 6.10 Å². The van der Waals surface area contributed by atoms with E-state index >= 15 is 0 Å². The van der Waals surface area contributed by atoms with Gasteiger partial charge in [0.25, 0.3) is 0 Å². The smallest absolute Gasteiger partial charge is 0.162 e.